The van der Waals surface area contributed by atoms with Gasteiger partial charge in [-0.3, -0.25) is 0 Å². The van der Waals surface area contributed by atoms with E-state index in [0.29, 0.717) is 12.0 Å². The molecule has 2 fully saturated rings. The van der Waals surface area contributed by atoms with Gasteiger partial charge in [0, 0.05) is 50.2 Å². The van der Waals surface area contributed by atoms with Crippen molar-refractivity contribution < 1.29 is 4.79 Å². The lowest BCUT2D eigenvalue weighted by Gasteiger charge is -2.24. The molecule has 1 aliphatic carbocycles. The summed E-state index contributed by atoms with van der Waals surface area (Å²) in [5.41, 5.74) is 0. The molecule has 6 nitrogen and oxygen atoms in total. The van der Waals surface area contributed by atoms with Gasteiger partial charge in [-0.05, 0) is 32.1 Å². The van der Waals surface area contributed by atoms with Crippen LogP contribution in [0.2, 0.25) is 0 Å². The first kappa shape index (κ1) is 15.5. The maximum Gasteiger partial charge on any atom is 0.317 e. The van der Waals surface area contributed by atoms with E-state index in [1.165, 1.54) is 24.4 Å². The van der Waals surface area contributed by atoms with Gasteiger partial charge in [-0.2, -0.15) is 4.37 Å². The van der Waals surface area contributed by atoms with Gasteiger partial charge in [0.15, 0.2) is 0 Å². The van der Waals surface area contributed by atoms with Crippen LogP contribution in [0.3, 0.4) is 0 Å². The van der Waals surface area contributed by atoms with Gasteiger partial charge in [-0.15, -0.1) is 0 Å². The van der Waals surface area contributed by atoms with E-state index in [9.17, 15) is 4.79 Å². The molecule has 1 aliphatic heterocycles. The Kier molecular flexibility index (Phi) is 4.81. The molecule has 3 rings (SSSR count). The van der Waals surface area contributed by atoms with E-state index in [4.69, 9.17) is 0 Å². The fourth-order valence-corrected chi connectivity index (χ4v) is 3.63. The number of amides is 2. The first-order chi connectivity index (χ1) is 10.7. The molecule has 0 aromatic carbocycles. The lowest BCUT2D eigenvalue weighted by Crippen LogP contribution is -2.46. The summed E-state index contributed by atoms with van der Waals surface area (Å²) >= 11 is 1.47. The van der Waals surface area contributed by atoms with Crippen molar-refractivity contribution in [2.24, 2.45) is 5.92 Å². The highest BCUT2D eigenvalue weighted by atomic mass is 32.1. The van der Waals surface area contributed by atoms with Gasteiger partial charge in [0.05, 0.1) is 0 Å². The second kappa shape index (κ2) is 6.81. The molecular formula is C15H25N5OS. The Morgan fingerprint density at radius 2 is 2.18 bits per heavy atom. The van der Waals surface area contributed by atoms with Gasteiger partial charge in [-0.1, -0.05) is 6.92 Å². The van der Waals surface area contributed by atoms with Crippen LogP contribution in [0.15, 0.2) is 0 Å². The maximum absolute atomic E-state index is 12.4. The first-order valence-electron chi connectivity index (χ1n) is 8.30. The fourth-order valence-electron chi connectivity index (χ4n) is 2.83. The lowest BCUT2D eigenvalue weighted by atomic mass is 10.2. The molecule has 1 aromatic heterocycles. The molecule has 1 saturated carbocycles. The quantitative estimate of drug-likeness (QED) is 0.922. The zero-order valence-electron chi connectivity index (χ0n) is 13.4. The van der Waals surface area contributed by atoms with Gasteiger partial charge in [0.25, 0.3) is 0 Å². The van der Waals surface area contributed by atoms with Crippen LogP contribution in [0.5, 0.6) is 0 Å². The fraction of sp³-hybridized carbons (Fsp3) is 0.800. The summed E-state index contributed by atoms with van der Waals surface area (Å²) in [5, 5.41) is 4.14. The van der Waals surface area contributed by atoms with Crippen LogP contribution in [-0.2, 0) is 6.42 Å². The number of urea groups is 1. The number of rotatable bonds is 4. The molecule has 1 saturated heterocycles. The minimum Gasteiger partial charge on any atom is -0.345 e. The Labute approximate surface area is 136 Å². The smallest absolute Gasteiger partial charge is 0.317 e. The summed E-state index contributed by atoms with van der Waals surface area (Å²) in [7, 11) is 0. The van der Waals surface area contributed by atoms with Crippen molar-refractivity contribution in [3.8, 4) is 0 Å². The summed E-state index contributed by atoms with van der Waals surface area (Å²) < 4.78 is 4.36. The van der Waals surface area contributed by atoms with Crippen molar-refractivity contribution in [1.82, 2.24) is 19.6 Å². The van der Waals surface area contributed by atoms with Crippen molar-refractivity contribution in [3.05, 3.63) is 5.82 Å². The predicted molar refractivity (Wildman–Crippen MR) is 88.4 cm³/mol. The Morgan fingerprint density at radius 3 is 2.86 bits per heavy atom. The second-order valence-electron chi connectivity index (χ2n) is 6.25. The van der Waals surface area contributed by atoms with Crippen LogP contribution in [0, 0.1) is 5.92 Å². The molecule has 0 unspecified atom stereocenters. The Hall–Kier alpha value is -1.37. The molecule has 1 aromatic rings. The van der Waals surface area contributed by atoms with E-state index in [0.717, 1.165) is 50.0 Å². The van der Waals surface area contributed by atoms with Gasteiger partial charge >= 0.3 is 6.03 Å². The average molecular weight is 323 g/mol. The second-order valence-corrected chi connectivity index (χ2v) is 6.98. The molecule has 22 heavy (non-hydrogen) atoms. The van der Waals surface area contributed by atoms with Crippen molar-refractivity contribution in [2.75, 3.05) is 31.1 Å². The molecule has 2 aliphatic rings. The molecule has 2 heterocycles. The van der Waals surface area contributed by atoms with Gasteiger partial charge < -0.3 is 15.1 Å². The van der Waals surface area contributed by atoms with Crippen molar-refractivity contribution in [3.63, 3.8) is 0 Å². The number of nitrogens with zero attached hydrogens (tertiary/aromatic N) is 4. The minimum atomic E-state index is 0.0905. The first-order valence-corrected chi connectivity index (χ1v) is 9.07. The summed E-state index contributed by atoms with van der Waals surface area (Å²) in [5.74, 6) is 1.61. The topological polar surface area (TPSA) is 61.4 Å². The SMILES string of the molecule is CCc1nsc(N2CCCN(C(=O)N[C@H](C)C3CC3)CC2)n1. The highest BCUT2D eigenvalue weighted by Gasteiger charge is 2.30. The van der Waals surface area contributed by atoms with E-state index >= 15 is 0 Å². The number of anilines is 1. The van der Waals surface area contributed by atoms with Crippen LogP contribution in [0.4, 0.5) is 9.93 Å². The number of carbonyl (C=O) groups is 1. The van der Waals surface area contributed by atoms with Crippen molar-refractivity contribution in [2.45, 2.75) is 45.6 Å². The summed E-state index contributed by atoms with van der Waals surface area (Å²) in [4.78, 5) is 21.1. The molecule has 0 radical (unpaired) electrons. The number of hydrogen-bond acceptors (Lipinski definition) is 5. The lowest BCUT2D eigenvalue weighted by molar-refractivity contribution is 0.196. The molecule has 0 spiro atoms. The Morgan fingerprint density at radius 1 is 1.36 bits per heavy atom. The number of carbonyl (C=O) groups excluding carboxylic acids is 1. The van der Waals surface area contributed by atoms with Gasteiger partial charge in [0.1, 0.15) is 5.82 Å². The molecular weight excluding hydrogens is 298 g/mol. The highest BCUT2D eigenvalue weighted by Crippen LogP contribution is 2.32. The van der Waals surface area contributed by atoms with Crippen LogP contribution in [0.1, 0.15) is 38.9 Å². The Balaban J connectivity index is 1.53. The molecule has 122 valence electrons. The average Bonchev–Trinajstić information content (AvgIpc) is 3.30. The maximum atomic E-state index is 12.4. The predicted octanol–water partition coefficient (Wildman–Crippen LogP) is 2.12. The Bertz CT molecular complexity index is 516. The number of hydrogen-bond donors (Lipinski definition) is 1. The largest absolute Gasteiger partial charge is 0.345 e. The van der Waals surface area contributed by atoms with E-state index in [1.807, 2.05) is 4.90 Å². The zero-order valence-corrected chi connectivity index (χ0v) is 14.2. The molecule has 7 heteroatoms. The number of nitrogens with one attached hydrogen (secondary N) is 1. The molecule has 1 atom stereocenters. The van der Waals surface area contributed by atoms with Crippen molar-refractivity contribution >= 4 is 22.7 Å². The van der Waals surface area contributed by atoms with Gasteiger partial charge in [0.2, 0.25) is 5.13 Å². The van der Waals surface area contributed by atoms with Crippen LogP contribution < -0.4 is 10.2 Å². The standard InChI is InChI=1S/C15H25N5OS/c1-3-13-17-15(22-18-13)20-8-4-7-19(9-10-20)14(21)16-11(2)12-5-6-12/h11-12H,3-10H2,1-2H3,(H,16,21)/t11-/m1/s1. The van der Waals surface area contributed by atoms with E-state index in [-0.39, 0.29) is 6.03 Å². The van der Waals surface area contributed by atoms with E-state index in [1.54, 1.807) is 0 Å². The molecule has 1 N–H and O–H groups in total. The summed E-state index contributed by atoms with van der Waals surface area (Å²) in [6.45, 7) is 7.54. The van der Waals surface area contributed by atoms with Crippen LogP contribution in [0.25, 0.3) is 0 Å². The third-order valence-electron chi connectivity index (χ3n) is 4.51. The third kappa shape index (κ3) is 3.69. The van der Waals surface area contributed by atoms with E-state index < -0.39 is 0 Å². The molecule has 2 amide bonds. The van der Waals surface area contributed by atoms with E-state index in [2.05, 4.69) is 33.4 Å². The number of aromatic nitrogens is 2. The minimum absolute atomic E-state index is 0.0905. The monoisotopic (exact) mass is 323 g/mol. The normalized spacial score (nSPS) is 20.6. The zero-order chi connectivity index (χ0) is 15.5. The summed E-state index contributed by atoms with van der Waals surface area (Å²) in [6.07, 6.45) is 4.36. The van der Waals surface area contributed by atoms with Crippen LogP contribution >= 0.6 is 11.5 Å². The van der Waals surface area contributed by atoms with Crippen LogP contribution in [-0.4, -0.2) is 52.5 Å². The third-order valence-corrected chi connectivity index (χ3v) is 5.32. The highest BCUT2D eigenvalue weighted by molar-refractivity contribution is 7.09. The van der Waals surface area contributed by atoms with Gasteiger partial charge in [-0.25, -0.2) is 9.78 Å². The molecule has 0 bridgehead atoms. The summed E-state index contributed by atoms with van der Waals surface area (Å²) in [6, 6.07) is 0.398. The number of aryl methyl sites for hydroxylation is 1. The van der Waals surface area contributed by atoms with Crippen molar-refractivity contribution in [1.29, 1.82) is 0 Å².